The molecule has 0 spiro atoms. The molecule has 4 atom stereocenters. The lowest BCUT2D eigenvalue weighted by Gasteiger charge is -2.52. The summed E-state index contributed by atoms with van der Waals surface area (Å²) in [6.07, 6.45) is 0.509. The minimum absolute atomic E-state index is 0.0606. The number of aliphatic hydroxyl groups is 1. The second-order valence-corrected chi connectivity index (χ2v) is 12.9. The van der Waals surface area contributed by atoms with Crippen LogP contribution in [0.15, 0.2) is 30.3 Å². The van der Waals surface area contributed by atoms with Crippen LogP contribution in [0.25, 0.3) is 0 Å². The first kappa shape index (κ1) is 15.8. The van der Waals surface area contributed by atoms with Gasteiger partial charge in [-0.1, -0.05) is 62.5 Å². The second-order valence-electron chi connectivity index (χ2n) is 8.15. The topological polar surface area (TPSA) is 46.5 Å². The number of benzene rings is 1. The third-order valence-electron chi connectivity index (χ3n) is 5.98. The molecule has 1 aromatic carbocycles. The Morgan fingerprint density at radius 2 is 1.86 bits per heavy atom. The number of carbonyl (C=O) groups is 1. The molecule has 1 aliphatic heterocycles. The Morgan fingerprint density at radius 1 is 1.23 bits per heavy atom. The van der Waals surface area contributed by atoms with E-state index in [1.54, 1.807) is 0 Å². The molecule has 1 aromatic rings. The summed E-state index contributed by atoms with van der Waals surface area (Å²) in [5.41, 5.74) is 0.175. The Morgan fingerprint density at radius 3 is 2.41 bits per heavy atom. The molecule has 0 amide bonds. The number of carbonyl (C=O) groups excluding carboxylic acids is 1. The van der Waals surface area contributed by atoms with Crippen LogP contribution < -0.4 is 5.19 Å². The van der Waals surface area contributed by atoms with E-state index in [0.29, 0.717) is 6.61 Å². The van der Waals surface area contributed by atoms with E-state index in [1.165, 1.54) is 5.19 Å². The first-order valence-electron chi connectivity index (χ1n) is 8.15. The van der Waals surface area contributed by atoms with Gasteiger partial charge in [-0.05, 0) is 17.8 Å². The third-order valence-corrected chi connectivity index (χ3v) is 10.2. The SMILES string of the molecule is CC1(C)C[C@@H]([C@@H]2C(=O)OC[C@H]2[Si](C)(C)c2ccccc2)[C@@H]1O. The van der Waals surface area contributed by atoms with E-state index in [-0.39, 0.29) is 28.8 Å². The fourth-order valence-corrected chi connectivity index (χ4v) is 7.59. The number of aliphatic hydroxyl groups excluding tert-OH is 1. The molecule has 0 aromatic heterocycles. The first-order valence-corrected chi connectivity index (χ1v) is 11.2. The lowest BCUT2D eigenvalue weighted by atomic mass is 9.57. The Labute approximate surface area is 133 Å². The molecular formula is C18H26O3Si. The maximum Gasteiger partial charge on any atom is 0.309 e. The highest BCUT2D eigenvalue weighted by molar-refractivity contribution is 6.91. The molecule has 0 unspecified atom stereocenters. The number of esters is 1. The van der Waals surface area contributed by atoms with Crippen LogP contribution in [0.4, 0.5) is 0 Å². The summed E-state index contributed by atoms with van der Waals surface area (Å²) < 4.78 is 5.44. The molecule has 0 bridgehead atoms. The lowest BCUT2D eigenvalue weighted by molar-refractivity contribution is -0.156. The molecule has 2 fully saturated rings. The van der Waals surface area contributed by atoms with Gasteiger partial charge in [0, 0.05) is 5.54 Å². The van der Waals surface area contributed by atoms with Crippen molar-refractivity contribution in [2.45, 2.75) is 45.0 Å². The predicted molar refractivity (Wildman–Crippen MR) is 89.7 cm³/mol. The van der Waals surface area contributed by atoms with Gasteiger partial charge in [0.15, 0.2) is 0 Å². The summed E-state index contributed by atoms with van der Waals surface area (Å²) in [4.78, 5) is 12.3. The molecule has 4 heteroatoms. The molecule has 22 heavy (non-hydrogen) atoms. The highest BCUT2D eigenvalue weighted by Crippen LogP contribution is 2.54. The number of cyclic esters (lactones) is 1. The Hall–Kier alpha value is -1.13. The van der Waals surface area contributed by atoms with E-state index in [2.05, 4.69) is 51.2 Å². The van der Waals surface area contributed by atoms with Gasteiger partial charge in [0.05, 0.1) is 26.7 Å². The first-order chi connectivity index (χ1) is 10.2. The van der Waals surface area contributed by atoms with Crippen LogP contribution in [0.3, 0.4) is 0 Å². The van der Waals surface area contributed by atoms with Crippen molar-refractivity contribution < 1.29 is 14.6 Å². The van der Waals surface area contributed by atoms with Crippen LogP contribution in [-0.4, -0.2) is 31.9 Å². The number of rotatable bonds is 3. The van der Waals surface area contributed by atoms with E-state index >= 15 is 0 Å². The molecule has 120 valence electrons. The van der Waals surface area contributed by atoms with Gasteiger partial charge in [-0.15, -0.1) is 0 Å². The number of hydrogen-bond donors (Lipinski definition) is 1. The van der Waals surface area contributed by atoms with E-state index in [0.717, 1.165) is 6.42 Å². The summed E-state index contributed by atoms with van der Waals surface area (Å²) in [6, 6.07) is 10.5. The summed E-state index contributed by atoms with van der Waals surface area (Å²) in [5.74, 6) is -0.170. The van der Waals surface area contributed by atoms with E-state index in [1.807, 2.05) is 6.07 Å². The molecule has 3 nitrogen and oxygen atoms in total. The van der Waals surface area contributed by atoms with Gasteiger partial charge >= 0.3 is 5.97 Å². The van der Waals surface area contributed by atoms with Gasteiger partial charge in [0.1, 0.15) is 0 Å². The van der Waals surface area contributed by atoms with E-state index < -0.39 is 14.2 Å². The molecule has 1 saturated heterocycles. The van der Waals surface area contributed by atoms with Crippen LogP contribution in [0.1, 0.15) is 20.3 Å². The van der Waals surface area contributed by atoms with Crippen LogP contribution in [-0.2, 0) is 9.53 Å². The van der Waals surface area contributed by atoms with Crippen LogP contribution in [0.5, 0.6) is 0 Å². The van der Waals surface area contributed by atoms with E-state index in [4.69, 9.17) is 4.74 Å². The van der Waals surface area contributed by atoms with Gasteiger partial charge in [-0.25, -0.2) is 0 Å². The van der Waals surface area contributed by atoms with Crippen molar-refractivity contribution in [3.05, 3.63) is 30.3 Å². The summed E-state index contributed by atoms with van der Waals surface area (Å²) >= 11 is 0. The average Bonchev–Trinajstić information content (AvgIpc) is 2.87. The van der Waals surface area contributed by atoms with Crippen molar-refractivity contribution in [2.75, 3.05) is 6.61 Å². The van der Waals surface area contributed by atoms with Gasteiger partial charge in [0.2, 0.25) is 0 Å². The standard InChI is InChI=1S/C18H26O3Si/c1-18(2)10-13(16(18)19)15-14(11-21-17(15)20)22(3,4)12-8-6-5-7-9-12/h5-9,13-16,19H,10-11H2,1-4H3/t13-,14+,15-,16-/m0/s1. The summed E-state index contributed by atoms with van der Waals surface area (Å²) in [7, 11) is -1.83. The predicted octanol–water partition coefficient (Wildman–Crippen LogP) is 2.55. The van der Waals surface area contributed by atoms with Crippen LogP contribution in [0, 0.1) is 17.3 Å². The number of hydrogen-bond acceptors (Lipinski definition) is 3. The molecule has 1 N–H and O–H groups in total. The molecule has 1 heterocycles. The highest BCUT2D eigenvalue weighted by Gasteiger charge is 2.58. The largest absolute Gasteiger partial charge is 0.465 e. The molecule has 0 radical (unpaired) electrons. The third kappa shape index (κ3) is 2.33. The average molecular weight is 318 g/mol. The van der Waals surface area contributed by atoms with Crippen molar-refractivity contribution >= 4 is 19.2 Å². The van der Waals surface area contributed by atoms with Crippen molar-refractivity contribution in [2.24, 2.45) is 17.3 Å². The highest BCUT2D eigenvalue weighted by atomic mass is 28.3. The van der Waals surface area contributed by atoms with Crippen molar-refractivity contribution in [3.8, 4) is 0 Å². The fourth-order valence-electron chi connectivity index (χ4n) is 4.33. The molecule has 2 aliphatic rings. The monoisotopic (exact) mass is 318 g/mol. The zero-order valence-electron chi connectivity index (χ0n) is 13.9. The smallest absolute Gasteiger partial charge is 0.309 e. The van der Waals surface area contributed by atoms with Crippen molar-refractivity contribution in [1.29, 1.82) is 0 Å². The van der Waals surface area contributed by atoms with E-state index in [9.17, 15) is 9.90 Å². The molecular weight excluding hydrogens is 292 g/mol. The number of ether oxygens (including phenoxy) is 1. The van der Waals surface area contributed by atoms with Gasteiger partial charge in [-0.3, -0.25) is 4.79 Å². The Bertz CT molecular complexity index is 567. The zero-order valence-corrected chi connectivity index (χ0v) is 14.9. The van der Waals surface area contributed by atoms with Gasteiger partial charge < -0.3 is 9.84 Å². The zero-order chi connectivity index (χ0) is 16.1. The van der Waals surface area contributed by atoms with Crippen LogP contribution in [0.2, 0.25) is 18.6 Å². The second kappa shape index (κ2) is 5.20. The minimum Gasteiger partial charge on any atom is -0.465 e. The summed E-state index contributed by atoms with van der Waals surface area (Å²) in [6.45, 7) is 9.30. The maximum atomic E-state index is 12.3. The van der Waals surface area contributed by atoms with Crippen molar-refractivity contribution in [1.82, 2.24) is 0 Å². The maximum absolute atomic E-state index is 12.3. The van der Waals surface area contributed by atoms with Gasteiger partial charge in [-0.2, -0.15) is 0 Å². The van der Waals surface area contributed by atoms with Gasteiger partial charge in [0.25, 0.3) is 0 Å². The Kier molecular flexibility index (Phi) is 3.73. The quantitative estimate of drug-likeness (QED) is 0.688. The summed E-state index contributed by atoms with van der Waals surface area (Å²) in [5, 5.41) is 11.8. The Balaban J connectivity index is 1.88. The van der Waals surface area contributed by atoms with Crippen LogP contribution >= 0.6 is 0 Å². The molecule has 3 rings (SSSR count). The minimum atomic E-state index is -1.83. The normalized spacial score (nSPS) is 34.1. The van der Waals surface area contributed by atoms with Crippen molar-refractivity contribution in [3.63, 3.8) is 0 Å². The fraction of sp³-hybridized carbons (Fsp3) is 0.611. The molecule has 1 aliphatic carbocycles. The molecule has 1 saturated carbocycles. The lowest BCUT2D eigenvalue weighted by Crippen LogP contribution is -2.57.